The summed E-state index contributed by atoms with van der Waals surface area (Å²) < 4.78 is 15.1. The van der Waals surface area contributed by atoms with Gasteiger partial charge >= 0.3 is 5.97 Å². The lowest BCUT2D eigenvalue weighted by Gasteiger charge is -2.11. The zero-order valence-electron chi connectivity index (χ0n) is 12.3. The van der Waals surface area contributed by atoms with E-state index in [4.69, 9.17) is 9.47 Å². The number of ether oxygens (including phenoxy) is 3. The van der Waals surface area contributed by atoms with E-state index in [1.54, 1.807) is 19.1 Å². The van der Waals surface area contributed by atoms with Gasteiger partial charge in [-0.05, 0) is 32.0 Å². The Labute approximate surface area is 123 Å². The van der Waals surface area contributed by atoms with Crippen LogP contribution in [0.1, 0.15) is 30.6 Å². The number of Topliss-reactive ketones (excluding diaryl/α,β-unsaturated/α-hetero) is 2. The lowest BCUT2D eigenvalue weighted by Crippen LogP contribution is -2.17. The first-order valence-corrected chi connectivity index (χ1v) is 6.47. The fourth-order valence-electron chi connectivity index (χ4n) is 1.59. The van der Waals surface area contributed by atoms with Crippen molar-refractivity contribution in [3.63, 3.8) is 0 Å². The van der Waals surface area contributed by atoms with E-state index in [-0.39, 0.29) is 25.4 Å². The molecule has 0 amide bonds. The Hall–Kier alpha value is -2.37. The van der Waals surface area contributed by atoms with Crippen LogP contribution in [0.5, 0.6) is 11.5 Å². The minimum absolute atomic E-state index is 0.0989. The molecule has 0 aromatic heterocycles. The average Bonchev–Trinajstić information content (AvgIpc) is 2.44. The Balaban J connectivity index is 2.64. The Morgan fingerprint density at radius 3 is 2.43 bits per heavy atom. The smallest absolute Gasteiger partial charge is 0.313 e. The predicted molar refractivity (Wildman–Crippen MR) is 74.8 cm³/mol. The second-order valence-corrected chi connectivity index (χ2v) is 4.23. The molecule has 21 heavy (non-hydrogen) atoms. The third-order valence-electron chi connectivity index (χ3n) is 2.61. The molecule has 0 saturated heterocycles. The zero-order chi connectivity index (χ0) is 15.8. The third kappa shape index (κ3) is 5.25. The molecule has 0 N–H and O–H groups in total. The van der Waals surface area contributed by atoms with Crippen LogP contribution >= 0.6 is 0 Å². The minimum Gasteiger partial charge on any atom is -0.493 e. The van der Waals surface area contributed by atoms with E-state index >= 15 is 0 Å². The van der Waals surface area contributed by atoms with Gasteiger partial charge in [-0.1, -0.05) is 0 Å². The van der Waals surface area contributed by atoms with Crippen LogP contribution in [0.3, 0.4) is 0 Å². The van der Waals surface area contributed by atoms with Gasteiger partial charge in [0, 0.05) is 5.56 Å². The molecule has 6 nitrogen and oxygen atoms in total. The van der Waals surface area contributed by atoms with Gasteiger partial charge in [-0.3, -0.25) is 14.4 Å². The normalized spacial score (nSPS) is 9.86. The summed E-state index contributed by atoms with van der Waals surface area (Å²) in [4.78, 5) is 34.0. The summed E-state index contributed by atoms with van der Waals surface area (Å²) in [6.07, 6.45) is -0.332. The van der Waals surface area contributed by atoms with Crippen LogP contribution in [-0.2, 0) is 14.3 Å². The summed E-state index contributed by atoms with van der Waals surface area (Å²) in [6, 6.07) is 4.66. The van der Waals surface area contributed by atoms with Crippen molar-refractivity contribution >= 4 is 17.5 Å². The summed E-state index contributed by atoms with van der Waals surface area (Å²) in [5.74, 6) is -0.388. The second kappa shape index (κ2) is 8.04. The van der Waals surface area contributed by atoms with Crippen molar-refractivity contribution in [3.05, 3.63) is 23.8 Å². The van der Waals surface area contributed by atoms with Crippen molar-refractivity contribution in [3.8, 4) is 11.5 Å². The molecule has 114 valence electrons. The number of carbonyl (C=O) groups is 3. The molecule has 0 aliphatic heterocycles. The molecule has 0 aliphatic rings. The van der Waals surface area contributed by atoms with Gasteiger partial charge in [-0.15, -0.1) is 0 Å². The molecule has 1 aromatic rings. The van der Waals surface area contributed by atoms with Crippen molar-refractivity contribution in [2.75, 3.05) is 20.3 Å². The predicted octanol–water partition coefficient (Wildman–Crippen LogP) is 1.80. The molecule has 1 rings (SSSR count). The van der Waals surface area contributed by atoms with Gasteiger partial charge in [-0.2, -0.15) is 0 Å². The molecule has 0 bridgehead atoms. The first-order valence-electron chi connectivity index (χ1n) is 6.47. The lowest BCUT2D eigenvalue weighted by atomic mass is 10.1. The molecule has 0 aliphatic carbocycles. The van der Waals surface area contributed by atoms with E-state index in [9.17, 15) is 14.4 Å². The summed E-state index contributed by atoms with van der Waals surface area (Å²) in [5.41, 5.74) is 0.483. The molecule has 1 aromatic carbocycles. The van der Waals surface area contributed by atoms with Crippen LogP contribution in [0.4, 0.5) is 0 Å². The molecule has 0 fully saturated rings. The highest BCUT2D eigenvalue weighted by atomic mass is 16.5. The molecule has 6 heteroatoms. The first-order chi connectivity index (χ1) is 9.97. The number of carbonyl (C=O) groups excluding carboxylic acids is 3. The number of methoxy groups -OCH3 is 1. The SMILES string of the molecule is CCOC(=O)CC(=O)COc1ccc(C(C)=O)cc1OC. The van der Waals surface area contributed by atoms with Crippen LogP contribution in [-0.4, -0.2) is 37.9 Å². The summed E-state index contributed by atoms with van der Waals surface area (Å²) in [6.45, 7) is 3.07. The highest BCUT2D eigenvalue weighted by molar-refractivity contribution is 5.96. The largest absolute Gasteiger partial charge is 0.493 e. The van der Waals surface area contributed by atoms with E-state index in [1.807, 2.05) is 0 Å². The van der Waals surface area contributed by atoms with Crippen molar-refractivity contribution in [2.24, 2.45) is 0 Å². The molecule has 0 unspecified atom stereocenters. The standard InChI is InChI=1S/C15H18O6/c1-4-20-15(18)8-12(17)9-21-13-6-5-11(10(2)16)7-14(13)19-3/h5-7H,4,8-9H2,1-3H3. The van der Waals surface area contributed by atoms with E-state index in [2.05, 4.69) is 4.74 Å². The zero-order valence-corrected chi connectivity index (χ0v) is 12.3. The molecule has 0 spiro atoms. The van der Waals surface area contributed by atoms with Crippen molar-refractivity contribution in [1.82, 2.24) is 0 Å². The summed E-state index contributed by atoms with van der Waals surface area (Å²) >= 11 is 0. The van der Waals surface area contributed by atoms with E-state index in [1.165, 1.54) is 20.1 Å². The van der Waals surface area contributed by atoms with E-state index < -0.39 is 11.8 Å². The van der Waals surface area contributed by atoms with Gasteiger partial charge in [0.2, 0.25) is 0 Å². The van der Waals surface area contributed by atoms with Crippen LogP contribution in [0.2, 0.25) is 0 Å². The maximum Gasteiger partial charge on any atom is 0.313 e. The number of benzene rings is 1. The minimum atomic E-state index is -0.579. The van der Waals surface area contributed by atoms with Crippen LogP contribution < -0.4 is 9.47 Å². The van der Waals surface area contributed by atoms with Gasteiger partial charge < -0.3 is 14.2 Å². The van der Waals surface area contributed by atoms with Gasteiger partial charge in [0.1, 0.15) is 13.0 Å². The van der Waals surface area contributed by atoms with Crippen LogP contribution in [0, 0.1) is 0 Å². The van der Waals surface area contributed by atoms with Crippen molar-refractivity contribution < 1.29 is 28.6 Å². The fraction of sp³-hybridized carbons (Fsp3) is 0.400. The monoisotopic (exact) mass is 294 g/mol. The number of hydrogen-bond acceptors (Lipinski definition) is 6. The highest BCUT2D eigenvalue weighted by Crippen LogP contribution is 2.28. The molecule has 0 saturated carbocycles. The van der Waals surface area contributed by atoms with Crippen LogP contribution in [0.25, 0.3) is 0 Å². The third-order valence-corrected chi connectivity index (χ3v) is 2.61. The lowest BCUT2D eigenvalue weighted by molar-refractivity contribution is -0.145. The second-order valence-electron chi connectivity index (χ2n) is 4.23. The molecule has 0 atom stereocenters. The number of rotatable bonds is 8. The maximum atomic E-state index is 11.6. The highest BCUT2D eigenvalue weighted by Gasteiger charge is 2.13. The van der Waals surface area contributed by atoms with E-state index in [0.717, 1.165) is 0 Å². The number of ketones is 2. The van der Waals surface area contributed by atoms with E-state index in [0.29, 0.717) is 17.1 Å². The number of esters is 1. The molecular formula is C15H18O6. The maximum absolute atomic E-state index is 11.6. The Bertz CT molecular complexity index is 535. The fourth-order valence-corrected chi connectivity index (χ4v) is 1.59. The molecular weight excluding hydrogens is 276 g/mol. The first kappa shape index (κ1) is 16.7. The van der Waals surface area contributed by atoms with Gasteiger partial charge in [0.15, 0.2) is 23.1 Å². The summed E-state index contributed by atoms with van der Waals surface area (Å²) in [5, 5.41) is 0. The Morgan fingerprint density at radius 1 is 1.14 bits per heavy atom. The van der Waals surface area contributed by atoms with Gasteiger partial charge in [0.25, 0.3) is 0 Å². The van der Waals surface area contributed by atoms with Crippen molar-refractivity contribution in [1.29, 1.82) is 0 Å². The molecule has 0 radical (unpaired) electrons. The van der Waals surface area contributed by atoms with Gasteiger partial charge in [0.05, 0.1) is 13.7 Å². The molecule has 0 heterocycles. The Morgan fingerprint density at radius 2 is 1.86 bits per heavy atom. The van der Waals surface area contributed by atoms with Crippen LogP contribution in [0.15, 0.2) is 18.2 Å². The quantitative estimate of drug-likeness (QED) is 0.413. The average molecular weight is 294 g/mol. The Kier molecular flexibility index (Phi) is 6.39. The summed E-state index contributed by atoms with van der Waals surface area (Å²) in [7, 11) is 1.44. The topological polar surface area (TPSA) is 78.9 Å². The number of hydrogen-bond donors (Lipinski definition) is 0. The van der Waals surface area contributed by atoms with Crippen molar-refractivity contribution in [2.45, 2.75) is 20.3 Å². The van der Waals surface area contributed by atoms with Gasteiger partial charge in [-0.25, -0.2) is 0 Å².